The van der Waals surface area contributed by atoms with Gasteiger partial charge in [-0.15, -0.1) is 0 Å². The lowest BCUT2D eigenvalue weighted by atomic mass is 9.67. The van der Waals surface area contributed by atoms with Crippen LogP contribution < -0.4 is 4.90 Å². The summed E-state index contributed by atoms with van der Waals surface area (Å²) in [4.78, 5) is 2.51. The van der Waals surface area contributed by atoms with Gasteiger partial charge in [0.1, 0.15) is 0 Å². The minimum absolute atomic E-state index is 0.165. The van der Waals surface area contributed by atoms with Crippen molar-refractivity contribution in [2.75, 3.05) is 4.90 Å². The van der Waals surface area contributed by atoms with Crippen LogP contribution in [-0.4, -0.2) is 0 Å². The lowest BCUT2D eigenvalue weighted by molar-refractivity contribution is 0.660. The van der Waals surface area contributed by atoms with E-state index in [0.717, 1.165) is 22.6 Å². The van der Waals surface area contributed by atoms with Gasteiger partial charge in [-0.1, -0.05) is 226 Å². The van der Waals surface area contributed by atoms with Crippen LogP contribution in [0.15, 0.2) is 249 Å². The third-order valence-electron chi connectivity index (χ3n) is 14.1. The molecular weight excluding hydrogens is 783 g/mol. The molecule has 0 N–H and O–H groups in total. The zero-order chi connectivity index (χ0) is 43.5. The zero-order valence-electron chi connectivity index (χ0n) is 36.6. The van der Waals surface area contributed by atoms with Crippen molar-refractivity contribution in [2.45, 2.75) is 24.7 Å². The number of anilines is 3. The van der Waals surface area contributed by atoms with Crippen molar-refractivity contribution in [3.05, 3.63) is 282 Å². The first kappa shape index (κ1) is 38.7. The van der Waals surface area contributed by atoms with E-state index >= 15 is 0 Å². The fraction of sp³-hybridized carbons (Fsp3) is 0.0625. The van der Waals surface area contributed by atoms with Crippen molar-refractivity contribution in [3.8, 4) is 55.6 Å². The number of hydrogen-bond donors (Lipinski definition) is 0. The van der Waals surface area contributed by atoms with Gasteiger partial charge < -0.3 is 4.90 Å². The fourth-order valence-electron chi connectivity index (χ4n) is 11.2. The summed E-state index contributed by atoms with van der Waals surface area (Å²) in [6.07, 6.45) is 0. The molecule has 0 spiro atoms. The number of hydrogen-bond acceptors (Lipinski definition) is 1. The second-order valence-corrected chi connectivity index (χ2v) is 18.0. The van der Waals surface area contributed by atoms with Crippen molar-refractivity contribution in [1.29, 1.82) is 0 Å². The zero-order valence-corrected chi connectivity index (χ0v) is 36.6. The summed E-state index contributed by atoms with van der Waals surface area (Å²) >= 11 is 0. The average molecular weight is 830 g/mol. The van der Waals surface area contributed by atoms with E-state index in [1.807, 2.05) is 0 Å². The maximum Gasteiger partial charge on any atom is 0.0713 e. The Bertz CT molecular complexity index is 3350. The maximum absolute atomic E-state index is 2.51. The van der Waals surface area contributed by atoms with Crippen LogP contribution in [-0.2, 0) is 10.8 Å². The first-order valence-corrected chi connectivity index (χ1v) is 22.8. The number of fused-ring (bicyclic) bond motifs is 6. The van der Waals surface area contributed by atoms with Crippen LogP contribution in [0.3, 0.4) is 0 Å². The summed E-state index contributed by atoms with van der Waals surface area (Å²) in [7, 11) is 0. The summed E-state index contributed by atoms with van der Waals surface area (Å²) in [6.45, 7) is 4.74. The minimum Gasteiger partial charge on any atom is -0.310 e. The van der Waals surface area contributed by atoms with Gasteiger partial charge in [-0.25, -0.2) is 0 Å². The highest BCUT2D eigenvalue weighted by molar-refractivity contribution is 5.98. The van der Waals surface area contributed by atoms with E-state index in [1.54, 1.807) is 0 Å². The standard InChI is InChI=1S/C64H47N/c1-63(2)57-35-15-12-31-53(57)56-40-39-51(43-60(56)63)65(50-30-19-25-46(42-50)44-21-6-3-7-22-44)61-38-20-34-52(45-23-8-4-9-24-45)62(61)47-26-18-29-49(41-47)64(48-27-10-5-11-28-48)58-36-16-13-32-54(58)55-33-14-17-37-59(55)64/h3-43H,1-2H3. The van der Waals surface area contributed by atoms with Gasteiger partial charge >= 0.3 is 0 Å². The Kier molecular flexibility index (Phi) is 9.14. The molecule has 0 aromatic heterocycles. The smallest absolute Gasteiger partial charge is 0.0713 e. The summed E-state index contributed by atoms with van der Waals surface area (Å²) in [6, 6.07) is 92.2. The lowest BCUT2D eigenvalue weighted by Gasteiger charge is -2.35. The summed E-state index contributed by atoms with van der Waals surface area (Å²) in [5.41, 5.74) is 22.7. The Morgan fingerprint density at radius 1 is 0.292 bits per heavy atom. The van der Waals surface area contributed by atoms with E-state index in [2.05, 4.69) is 267 Å². The molecular formula is C64H47N. The van der Waals surface area contributed by atoms with Gasteiger partial charge in [0.2, 0.25) is 0 Å². The molecule has 0 atom stereocenters. The fourth-order valence-corrected chi connectivity index (χ4v) is 11.2. The van der Waals surface area contributed by atoms with E-state index in [4.69, 9.17) is 0 Å². The molecule has 0 unspecified atom stereocenters. The molecule has 0 bridgehead atoms. The monoisotopic (exact) mass is 829 g/mol. The van der Waals surface area contributed by atoms with Gasteiger partial charge in [0.25, 0.3) is 0 Å². The maximum atomic E-state index is 2.51. The molecule has 0 amide bonds. The van der Waals surface area contributed by atoms with Gasteiger partial charge in [0.15, 0.2) is 0 Å². The molecule has 0 saturated heterocycles. The molecule has 0 heterocycles. The van der Waals surface area contributed by atoms with Crippen molar-refractivity contribution in [3.63, 3.8) is 0 Å². The Balaban J connectivity index is 1.14. The molecule has 2 aliphatic carbocycles. The normalized spacial score (nSPS) is 13.6. The van der Waals surface area contributed by atoms with Crippen LogP contribution >= 0.6 is 0 Å². The van der Waals surface area contributed by atoms with E-state index in [0.29, 0.717) is 0 Å². The largest absolute Gasteiger partial charge is 0.310 e. The first-order chi connectivity index (χ1) is 32.0. The summed E-state index contributed by atoms with van der Waals surface area (Å²) in [5, 5.41) is 0. The highest BCUT2D eigenvalue weighted by Crippen LogP contribution is 2.57. The Morgan fingerprint density at radius 3 is 1.46 bits per heavy atom. The predicted octanol–water partition coefficient (Wildman–Crippen LogP) is 16.8. The van der Waals surface area contributed by atoms with E-state index in [-0.39, 0.29) is 5.41 Å². The van der Waals surface area contributed by atoms with E-state index < -0.39 is 5.41 Å². The molecule has 308 valence electrons. The van der Waals surface area contributed by atoms with Crippen LogP contribution in [0.5, 0.6) is 0 Å². The van der Waals surface area contributed by atoms with Crippen LogP contribution in [0.1, 0.15) is 47.2 Å². The third-order valence-corrected chi connectivity index (χ3v) is 14.1. The highest BCUT2D eigenvalue weighted by atomic mass is 15.1. The number of rotatable bonds is 8. The third kappa shape index (κ3) is 6.07. The second-order valence-electron chi connectivity index (χ2n) is 18.0. The van der Waals surface area contributed by atoms with Crippen LogP contribution in [0, 0.1) is 0 Å². The van der Waals surface area contributed by atoms with Crippen molar-refractivity contribution in [1.82, 2.24) is 0 Å². The van der Waals surface area contributed by atoms with Gasteiger partial charge in [-0.05, 0) is 120 Å². The Hall–Kier alpha value is -8.00. The minimum atomic E-state index is -0.531. The lowest BCUT2D eigenvalue weighted by Crippen LogP contribution is -2.28. The van der Waals surface area contributed by atoms with Crippen molar-refractivity contribution < 1.29 is 0 Å². The molecule has 10 aromatic rings. The molecule has 2 aliphatic rings. The molecule has 0 aliphatic heterocycles. The number of benzene rings is 10. The summed E-state index contributed by atoms with van der Waals surface area (Å²) in [5.74, 6) is 0. The van der Waals surface area contributed by atoms with Crippen molar-refractivity contribution >= 4 is 17.1 Å². The molecule has 10 aromatic carbocycles. The first-order valence-electron chi connectivity index (χ1n) is 22.8. The Morgan fingerprint density at radius 2 is 0.769 bits per heavy atom. The predicted molar refractivity (Wildman–Crippen MR) is 272 cm³/mol. The second kappa shape index (κ2) is 15.4. The summed E-state index contributed by atoms with van der Waals surface area (Å²) < 4.78 is 0. The quantitative estimate of drug-likeness (QED) is 0.147. The Labute approximate surface area is 382 Å². The van der Waals surface area contributed by atoms with Gasteiger partial charge in [0.05, 0.1) is 11.1 Å². The van der Waals surface area contributed by atoms with Crippen LogP contribution in [0.2, 0.25) is 0 Å². The topological polar surface area (TPSA) is 3.24 Å². The molecule has 0 fully saturated rings. The van der Waals surface area contributed by atoms with E-state index in [9.17, 15) is 0 Å². The SMILES string of the molecule is CC1(C)c2ccccc2-c2ccc(N(c3cccc(-c4ccccc4)c3)c3cccc(-c4ccccc4)c3-c3cccc(C4(c5ccccc5)c5ccccc5-c5ccccc54)c3)cc21. The molecule has 1 heteroatoms. The molecule has 1 nitrogen and oxygen atoms in total. The molecule has 65 heavy (non-hydrogen) atoms. The van der Waals surface area contributed by atoms with Crippen LogP contribution in [0.25, 0.3) is 55.6 Å². The molecule has 12 rings (SSSR count). The van der Waals surface area contributed by atoms with Gasteiger partial charge in [-0.2, -0.15) is 0 Å². The van der Waals surface area contributed by atoms with Gasteiger partial charge in [-0.3, -0.25) is 0 Å². The average Bonchev–Trinajstić information content (AvgIpc) is 3.80. The number of nitrogens with zero attached hydrogens (tertiary/aromatic N) is 1. The van der Waals surface area contributed by atoms with Crippen LogP contribution in [0.4, 0.5) is 17.1 Å². The van der Waals surface area contributed by atoms with Crippen molar-refractivity contribution in [2.24, 2.45) is 0 Å². The molecule has 0 saturated carbocycles. The highest BCUT2D eigenvalue weighted by Gasteiger charge is 2.46. The molecule has 0 radical (unpaired) electrons. The van der Waals surface area contributed by atoms with Gasteiger partial charge in [0, 0.05) is 22.4 Å². The van der Waals surface area contributed by atoms with E-state index in [1.165, 1.54) is 83.5 Å².